The number of ether oxygens (including phenoxy) is 1. The fourth-order valence-corrected chi connectivity index (χ4v) is 0.687. The topological polar surface area (TPSA) is 38.3 Å². The Labute approximate surface area is 89.2 Å². The predicted molar refractivity (Wildman–Crippen MR) is 62.4 cm³/mol. The smallest absolute Gasteiger partial charge is 0.222 e. The number of carbonyl (C=O) groups excluding carboxylic acids is 1. The largest absolute Gasteiger partial charge is 0.380 e. The van der Waals surface area contributed by atoms with Gasteiger partial charge in [0.05, 0.1) is 6.10 Å². The molecule has 0 aliphatic heterocycles. The second-order valence-corrected chi connectivity index (χ2v) is 3.10. The van der Waals surface area contributed by atoms with Crippen molar-refractivity contribution in [3.8, 4) is 0 Å². The molecule has 0 spiro atoms. The van der Waals surface area contributed by atoms with E-state index in [1.165, 1.54) is 0 Å². The lowest BCUT2D eigenvalue weighted by molar-refractivity contribution is -0.125. The van der Waals surface area contributed by atoms with Gasteiger partial charge in [-0.1, -0.05) is 28.7 Å². The molecule has 0 radical (unpaired) electrons. The summed E-state index contributed by atoms with van der Waals surface area (Å²) in [7, 11) is 1.64. The van der Waals surface area contributed by atoms with Gasteiger partial charge in [0.25, 0.3) is 0 Å². The number of amides is 1. The second-order valence-electron chi connectivity index (χ2n) is 3.10. The van der Waals surface area contributed by atoms with Crippen LogP contribution in [0.15, 0.2) is 0 Å². The Hall–Kier alpha value is -0.570. The highest BCUT2D eigenvalue weighted by molar-refractivity contribution is 5.78. The maximum atomic E-state index is 11.2. The summed E-state index contributed by atoms with van der Waals surface area (Å²) < 4.78 is 5.00. The molecule has 3 heteroatoms. The van der Waals surface area contributed by atoms with Crippen LogP contribution in [0, 0.1) is 5.92 Å². The van der Waals surface area contributed by atoms with Gasteiger partial charge < -0.3 is 10.1 Å². The summed E-state index contributed by atoms with van der Waals surface area (Å²) in [5, 5.41) is 2.82. The van der Waals surface area contributed by atoms with Crippen LogP contribution in [-0.2, 0) is 9.53 Å². The summed E-state index contributed by atoms with van der Waals surface area (Å²) in [5.41, 5.74) is 0. The molecule has 0 aliphatic carbocycles. The highest BCUT2D eigenvalue weighted by atomic mass is 16.5. The molecular weight excluding hydrogens is 178 g/mol. The van der Waals surface area contributed by atoms with E-state index in [9.17, 15) is 4.79 Å². The van der Waals surface area contributed by atoms with Crippen LogP contribution in [0.25, 0.3) is 0 Å². The van der Waals surface area contributed by atoms with E-state index in [0.717, 1.165) is 6.42 Å². The minimum absolute atomic E-state index is 0. The van der Waals surface area contributed by atoms with Crippen molar-refractivity contribution in [2.24, 2.45) is 5.92 Å². The zero-order valence-electron chi connectivity index (χ0n) is 8.39. The van der Waals surface area contributed by atoms with Gasteiger partial charge in [-0.15, -0.1) is 0 Å². The van der Waals surface area contributed by atoms with E-state index in [1.807, 2.05) is 20.8 Å². The Balaban J connectivity index is -0.000000605. The first-order valence-corrected chi connectivity index (χ1v) is 4.42. The third kappa shape index (κ3) is 8.05. The lowest BCUT2D eigenvalue weighted by Crippen LogP contribution is -2.34. The normalized spacial score (nSPS) is 13.1. The SMILES string of the molecule is C.C.CCC(C)C(=O)NCC(C)OC. The lowest BCUT2D eigenvalue weighted by atomic mass is 10.1. The molecule has 0 rings (SSSR count). The first-order valence-electron chi connectivity index (χ1n) is 4.42. The molecule has 0 aromatic heterocycles. The lowest BCUT2D eigenvalue weighted by Gasteiger charge is -2.13. The van der Waals surface area contributed by atoms with Crippen molar-refractivity contribution >= 4 is 5.91 Å². The van der Waals surface area contributed by atoms with Gasteiger partial charge in [0.2, 0.25) is 5.91 Å². The molecule has 1 N–H and O–H groups in total. The number of hydrogen-bond acceptors (Lipinski definition) is 2. The van der Waals surface area contributed by atoms with Gasteiger partial charge >= 0.3 is 0 Å². The Morgan fingerprint density at radius 3 is 2.21 bits per heavy atom. The highest BCUT2D eigenvalue weighted by Crippen LogP contribution is 1.99. The van der Waals surface area contributed by atoms with Gasteiger partial charge in [0, 0.05) is 19.6 Å². The predicted octanol–water partition coefficient (Wildman–Crippen LogP) is 2.46. The zero-order chi connectivity index (χ0) is 9.56. The summed E-state index contributed by atoms with van der Waals surface area (Å²) in [6.07, 6.45) is 0.978. The third-order valence-corrected chi connectivity index (χ3v) is 2.03. The molecule has 2 atom stereocenters. The first-order chi connectivity index (χ1) is 5.61. The van der Waals surface area contributed by atoms with Crippen LogP contribution in [0.3, 0.4) is 0 Å². The van der Waals surface area contributed by atoms with E-state index in [0.29, 0.717) is 6.54 Å². The number of nitrogens with one attached hydrogen (secondary N) is 1. The van der Waals surface area contributed by atoms with Crippen LogP contribution >= 0.6 is 0 Å². The van der Waals surface area contributed by atoms with E-state index in [1.54, 1.807) is 7.11 Å². The van der Waals surface area contributed by atoms with Crippen molar-refractivity contribution in [3.05, 3.63) is 0 Å². The van der Waals surface area contributed by atoms with Crippen LogP contribution in [0.5, 0.6) is 0 Å². The minimum atomic E-state index is 0. The maximum absolute atomic E-state index is 11.2. The average Bonchev–Trinajstić information content (AvgIpc) is 2.11. The fourth-order valence-electron chi connectivity index (χ4n) is 0.687. The number of hydrogen-bond donors (Lipinski definition) is 1. The quantitative estimate of drug-likeness (QED) is 0.748. The average molecular weight is 205 g/mol. The summed E-state index contributed by atoms with van der Waals surface area (Å²) in [5.74, 6) is 0.218. The molecular formula is C11H27NO2. The van der Waals surface area contributed by atoms with Crippen molar-refractivity contribution in [3.63, 3.8) is 0 Å². The van der Waals surface area contributed by atoms with E-state index in [4.69, 9.17) is 4.74 Å². The first kappa shape index (κ1) is 19.1. The van der Waals surface area contributed by atoms with Crippen LogP contribution in [0.4, 0.5) is 0 Å². The van der Waals surface area contributed by atoms with Crippen molar-refractivity contribution in [1.82, 2.24) is 5.32 Å². The van der Waals surface area contributed by atoms with Crippen molar-refractivity contribution in [1.29, 1.82) is 0 Å². The van der Waals surface area contributed by atoms with E-state index < -0.39 is 0 Å². The molecule has 1 amide bonds. The summed E-state index contributed by atoms with van der Waals surface area (Å²) in [6.45, 7) is 6.45. The summed E-state index contributed by atoms with van der Waals surface area (Å²) in [4.78, 5) is 11.2. The van der Waals surface area contributed by atoms with Gasteiger partial charge in [-0.3, -0.25) is 4.79 Å². The Morgan fingerprint density at radius 2 is 1.86 bits per heavy atom. The Kier molecular flexibility index (Phi) is 14.3. The van der Waals surface area contributed by atoms with Crippen LogP contribution in [0.2, 0.25) is 0 Å². The van der Waals surface area contributed by atoms with Crippen molar-refractivity contribution < 1.29 is 9.53 Å². The molecule has 88 valence electrons. The summed E-state index contributed by atoms with van der Waals surface area (Å²) in [6, 6.07) is 0. The standard InChI is InChI=1S/C9H19NO2.2CH4/c1-5-7(2)9(11)10-6-8(3)12-4;;/h7-8H,5-6H2,1-4H3,(H,10,11);2*1H4. The number of methoxy groups -OCH3 is 1. The van der Waals surface area contributed by atoms with Gasteiger partial charge in [0.1, 0.15) is 0 Å². The Morgan fingerprint density at radius 1 is 1.36 bits per heavy atom. The van der Waals surface area contributed by atoms with Crippen LogP contribution < -0.4 is 5.32 Å². The van der Waals surface area contributed by atoms with Crippen LogP contribution in [-0.4, -0.2) is 25.7 Å². The van der Waals surface area contributed by atoms with Crippen LogP contribution in [0.1, 0.15) is 42.0 Å². The molecule has 3 nitrogen and oxygen atoms in total. The van der Waals surface area contributed by atoms with Crippen molar-refractivity contribution in [2.75, 3.05) is 13.7 Å². The van der Waals surface area contributed by atoms with Gasteiger partial charge in [0.15, 0.2) is 0 Å². The molecule has 0 fully saturated rings. The molecule has 0 bridgehead atoms. The molecule has 0 aromatic rings. The molecule has 14 heavy (non-hydrogen) atoms. The minimum Gasteiger partial charge on any atom is -0.380 e. The summed E-state index contributed by atoms with van der Waals surface area (Å²) >= 11 is 0. The second kappa shape index (κ2) is 10.5. The van der Waals surface area contributed by atoms with E-state index in [2.05, 4.69) is 5.32 Å². The maximum Gasteiger partial charge on any atom is 0.222 e. The van der Waals surface area contributed by atoms with Gasteiger partial charge in [-0.2, -0.15) is 0 Å². The third-order valence-electron chi connectivity index (χ3n) is 2.03. The van der Waals surface area contributed by atoms with E-state index >= 15 is 0 Å². The fraction of sp³-hybridized carbons (Fsp3) is 0.909. The highest BCUT2D eigenvalue weighted by Gasteiger charge is 2.10. The molecule has 0 aromatic carbocycles. The van der Waals surface area contributed by atoms with E-state index in [-0.39, 0.29) is 32.8 Å². The zero-order valence-corrected chi connectivity index (χ0v) is 8.39. The molecule has 0 aliphatic rings. The molecule has 0 heterocycles. The van der Waals surface area contributed by atoms with Gasteiger partial charge in [-0.25, -0.2) is 0 Å². The molecule has 0 saturated heterocycles. The number of carbonyl (C=O) groups is 1. The number of rotatable bonds is 5. The monoisotopic (exact) mass is 205 g/mol. The molecule has 0 saturated carbocycles. The molecule has 2 unspecified atom stereocenters. The van der Waals surface area contributed by atoms with Crippen molar-refractivity contribution in [2.45, 2.75) is 48.1 Å². The van der Waals surface area contributed by atoms with Gasteiger partial charge in [-0.05, 0) is 13.3 Å². The Bertz CT molecular complexity index is 137.